The minimum atomic E-state index is -4.15. The van der Waals surface area contributed by atoms with Gasteiger partial charge in [-0.25, -0.2) is 9.59 Å². The lowest BCUT2D eigenvalue weighted by Crippen LogP contribution is -2.38. The van der Waals surface area contributed by atoms with Crippen molar-refractivity contribution in [2.45, 2.75) is 77.5 Å². The molecule has 1 atom stereocenters. The van der Waals surface area contributed by atoms with Crippen LogP contribution in [0.5, 0.6) is 5.75 Å². The normalized spacial score (nSPS) is 12.3. The van der Waals surface area contributed by atoms with E-state index in [4.69, 9.17) is 9.47 Å². The number of carbonyl (C=O) groups is 2. The third-order valence-electron chi connectivity index (χ3n) is 6.37. The average molecular weight is 567 g/mol. The monoisotopic (exact) mass is 566 g/mol. The molecule has 2 aromatic rings. The van der Waals surface area contributed by atoms with E-state index in [-0.39, 0.29) is 32.0 Å². The summed E-state index contributed by atoms with van der Waals surface area (Å²) in [7, 11) is 0. The van der Waals surface area contributed by atoms with E-state index < -0.39 is 24.7 Å². The summed E-state index contributed by atoms with van der Waals surface area (Å²) in [6.45, 7) is 7.11. The van der Waals surface area contributed by atoms with Crippen LogP contribution in [-0.4, -0.2) is 60.6 Å². The lowest BCUT2D eigenvalue weighted by molar-refractivity contribution is -0.150. The first-order chi connectivity index (χ1) is 19.0. The minimum Gasteiger partial charge on any atom is -0.492 e. The Morgan fingerprint density at radius 2 is 1.60 bits per heavy atom. The highest BCUT2D eigenvalue weighted by Gasteiger charge is 2.25. The van der Waals surface area contributed by atoms with E-state index in [1.807, 2.05) is 24.3 Å². The molecule has 1 unspecified atom stereocenters. The fourth-order valence-electron chi connectivity index (χ4n) is 4.08. The van der Waals surface area contributed by atoms with Crippen molar-refractivity contribution in [2.24, 2.45) is 0 Å². The maximum Gasteiger partial charge on any atom is 0.389 e. The van der Waals surface area contributed by atoms with Gasteiger partial charge in [0, 0.05) is 31.7 Å². The Kier molecular flexibility index (Phi) is 13.8. The van der Waals surface area contributed by atoms with Crippen LogP contribution >= 0.6 is 0 Å². The summed E-state index contributed by atoms with van der Waals surface area (Å²) in [6, 6.07) is 14.3. The minimum absolute atomic E-state index is 0.0782. The Balaban J connectivity index is 1.92. The second-order valence-electron chi connectivity index (χ2n) is 9.95. The van der Waals surface area contributed by atoms with Gasteiger partial charge in [0.25, 0.3) is 0 Å². The molecule has 0 heterocycles. The van der Waals surface area contributed by atoms with Crippen molar-refractivity contribution in [3.8, 4) is 5.75 Å². The number of nitrogens with zero attached hydrogens (tertiary/aromatic N) is 1. The van der Waals surface area contributed by atoms with Gasteiger partial charge in [-0.3, -0.25) is 0 Å². The number of carboxylic acids is 1. The van der Waals surface area contributed by atoms with Crippen molar-refractivity contribution in [2.75, 3.05) is 31.6 Å². The predicted octanol–water partition coefficient (Wildman–Crippen LogP) is 7.27. The average Bonchev–Trinajstić information content (AvgIpc) is 2.89. The van der Waals surface area contributed by atoms with E-state index >= 15 is 0 Å². The number of aliphatic carboxylic acids is 1. The molecule has 0 aliphatic heterocycles. The zero-order valence-corrected chi connectivity index (χ0v) is 23.5. The molecular formula is C30H41F3N2O5. The van der Waals surface area contributed by atoms with Crippen molar-refractivity contribution in [1.82, 2.24) is 4.90 Å². The number of hydrogen-bond donors (Lipinski definition) is 2. The summed E-state index contributed by atoms with van der Waals surface area (Å²) >= 11 is 0. The molecule has 0 bridgehead atoms. The van der Waals surface area contributed by atoms with Crippen LogP contribution in [0.15, 0.2) is 48.5 Å². The second-order valence-corrected chi connectivity index (χ2v) is 9.95. The summed E-state index contributed by atoms with van der Waals surface area (Å²) in [5.74, 6) is -0.0753. The van der Waals surface area contributed by atoms with E-state index in [1.54, 1.807) is 36.1 Å². The molecule has 40 heavy (non-hydrogen) atoms. The number of ether oxygens (including phenoxy) is 2. The molecule has 0 aromatic heterocycles. The molecule has 2 N–H and O–H groups in total. The van der Waals surface area contributed by atoms with Crippen LogP contribution in [0.2, 0.25) is 0 Å². The summed E-state index contributed by atoms with van der Waals surface area (Å²) in [4.78, 5) is 25.9. The van der Waals surface area contributed by atoms with Crippen molar-refractivity contribution < 1.29 is 37.3 Å². The first kappa shape index (κ1) is 32.9. The fraction of sp³-hybridized carbons (Fsp3) is 0.533. The number of alkyl halides is 3. The number of carbonyl (C=O) groups excluding carboxylic acids is 1. The third-order valence-corrected chi connectivity index (χ3v) is 6.37. The van der Waals surface area contributed by atoms with Crippen LogP contribution in [0.3, 0.4) is 0 Å². The zero-order chi connectivity index (χ0) is 29.5. The first-order valence-corrected chi connectivity index (χ1v) is 13.8. The van der Waals surface area contributed by atoms with Crippen molar-refractivity contribution >= 4 is 17.7 Å². The van der Waals surface area contributed by atoms with Gasteiger partial charge in [0.2, 0.25) is 0 Å². The Bertz CT molecular complexity index is 1030. The molecular weight excluding hydrogens is 525 g/mol. The quantitative estimate of drug-likeness (QED) is 0.197. The SMILES string of the molecule is CCOC(Cc1ccc(OCCN(CCCCCCC(F)(F)F)C(=O)Nc2ccc(C(C)C)cc2)cc1)C(=O)O. The number of rotatable bonds is 17. The molecule has 222 valence electrons. The highest BCUT2D eigenvalue weighted by molar-refractivity contribution is 5.89. The Labute approximate surface area is 234 Å². The molecule has 7 nitrogen and oxygen atoms in total. The Morgan fingerprint density at radius 1 is 0.950 bits per heavy atom. The predicted molar refractivity (Wildman–Crippen MR) is 149 cm³/mol. The summed E-state index contributed by atoms with van der Waals surface area (Å²) < 4.78 is 48.2. The number of urea groups is 1. The number of carboxylic acid groups (broad SMARTS) is 1. The molecule has 0 saturated heterocycles. The second kappa shape index (κ2) is 16.7. The van der Waals surface area contributed by atoms with Gasteiger partial charge in [0.05, 0.1) is 6.54 Å². The van der Waals surface area contributed by atoms with Gasteiger partial charge in [0.1, 0.15) is 12.4 Å². The molecule has 0 aliphatic rings. The maximum atomic E-state index is 13.0. The van der Waals surface area contributed by atoms with Gasteiger partial charge in [0.15, 0.2) is 6.10 Å². The van der Waals surface area contributed by atoms with Crippen LogP contribution in [0.25, 0.3) is 0 Å². The van der Waals surface area contributed by atoms with Crippen molar-refractivity contribution in [3.63, 3.8) is 0 Å². The first-order valence-electron chi connectivity index (χ1n) is 13.8. The molecule has 0 aliphatic carbocycles. The molecule has 2 amide bonds. The van der Waals surface area contributed by atoms with Gasteiger partial charge in [-0.1, -0.05) is 51.0 Å². The van der Waals surface area contributed by atoms with Gasteiger partial charge in [-0.15, -0.1) is 0 Å². The van der Waals surface area contributed by atoms with Gasteiger partial charge < -0.3 is 24.8 Å². The fourth-order valence-corrected chi connectivity index (χ4v) is 4.08. The largest absolute Gasteiger partial charge is 0.492 e. The number of benzene rings is 2. The standard InChI is InChI=1S/C30H41F3N2O5/c1-4-39-27(28(36)37)21-23-9-15-26(16-10-23)40-20-19-35(18-8-6-5-7-17-30(31,32)33)29(38)34-25-13-11-24(12-14-25)22(2)3/h9-16,22,27H,4-8,17-21H2,1-3H3,(H,34,38)(H,36,37). The molecule has 2 rings (SSSR count). The van der Waals surface area contributed by atoms with Crippen LogP contribution < -0.4 is 10.1 Å². The van der Waals surface area contributed by atoms with E-state index in [1.165, 1.54) is 0 Å². The molecule has 0 radical (unpaired) electrons. The summed E-state index contributed by atoms with van der Waals surface area (Å²) in [5, 5.41) is 12.2. The summed E-state index contributed by atoms with van der Waals surface area (Å²) in [6.07, 6.45) is -3.93. The van der Waals surface area contributed by atoms with Crippen molar-refractivity contribution in [3.05, 3.63) is 59.7 Å². The van der Waals surface area contributed by atoms with Crippen LogP contribution in [-0.2, 0) is 16.0 Å². The summed E-state index contributed by atoms with van der Waals surface area (Å²) in [5.41, 5.74) is 2.61. The lowest BCUT2D eigenvalue weighted by atomic mass is 10.0. The molecule has 2 aromatic carbocycles. The van der Waals surface area contributed by atoms with E-state index in [0.717, 1.165) is 11.1 Å². The van der Waals surface area contributed by atoms with E-state index in [2.05, 4.69) is 19.2 Å². The van der Waals surface area contributed by atoms with Gasteiger partial charge in [-0.2, -0.15) is 13.2 Å². The topological polar surface area (TPSA) is 88.1 Å². The Morgan fingerprint density at radius 3 is 2.17 bits per heavy atom. The van der Waals surface area contributed by atoms with Gasteiger partial charge in [-0.05, 0) is 61.1 Å². The number of halogens is 3. The maximum absolute atomic E-state index is 13.0. The number of hydrogen-bond acceptors (Lipinski definition) is 4. The molecule has 0 saturated carbocycles. The smallest absolute Gasteiger partial charge is 0.389 e. The third kappa shape index (κ3) is 12.7. The molecule has 10 heteroatoms. The Hall–Kier alpha value is -3.27. The van der Waals surface area contributed by atoms with E-state index in [0.29, 0.717) is 49.8 Å². The van der Waals surface area contributed by atoms with Gasteiger partial charge >= 0.3 is 18.2 Å². The lowest BCUT2D eigenvalue weighted by Gasteiger charge is -2.23. The number of amides is 2. The van der Waals surface area contributed by atoms with Crippen LogP contribution in [0.1, 0.15) is 69.9 Å². The van der Waals surface area contributed by atoms with E-state index in [9.17, 15) is 27.9 Å². The number of nitrogens with one attached hydrogen (secondary N) is 1. The molecule has 0 fully saturated rings. The van der Waals surface area contributed by atoms with Crippen molar-refractivity contribution in [1.29, 1.82) is 0 Å². The highest BCUT2D eigenvalue weighted by Crippen LogP contribution is 2.23. The number of unbranched alkanes of at least 4 members (excludes halogenated alkanes) is 3. The van der Waals surface area contributed by atoms with Crippen LogP contribution in [0, 0.1) is 0 Å². The highest BCUT2D eigenvalue weighted by atomic mass is 19.4. The zero-order valence-electron chi connectivity index (χ0n) is 23.5. The number of anilines is 1. The molecule has 0 spiro atoms. The van der Waals surface area contributed by atoms with Crippen LogP contribution in [0.4, 0.5) is 23.7 Å².